The van der Waals surface area contributed by atoms with Crippen molar-refractivity contribution in [2.24, 2.45) is 0 Å². The molecule has 0 aliphatic rings. The lowest BCUT2D eigenvalue weighted by Crippen LogP contribution is -2.41. The van der Waals surface area contributed by atoms with Gasteiger partial charge in [-0.25, -0.2) is 0 Å². The summed E-state index contributed by atoms with van der Waals surface area (Å²) in [5.74, 6) is -0.0899. The van der Waals surface area contributed by atoms with Gasteiger partial charge >= 0.3 is 0 Å². The molecule has 0 aliphatic heterocycles. The maximum Gasteiger partial charge on any atom is 0.239 e. The SMILES string of the molecule is CC(C)NC(=O)CN(C)C(=O)CC(C)c1ccc(N)cc1. The fraction of sp³-hybridized carbons (Fsp3) is 0.500. The Balaban J connectivity index is 2.51. The number of anilines is 1. The highest BCUT2D eigenvalue weighted by Gasteiger charge is 2.17. The van der Waals surface area contributed by atoms with Gasteiger partial charge in [0.15, 0.2) is 0 Å². The number of hydrogen-bond donors (Lipinski definition) is 2. The van der Waals surface area contributed by atoms with Gasteiger partial charge in [0.2, 0.25) is 11.8 Å². The van der Waals surface area contributed by atoms with E-state index in [1.54, 1.807) is 7.05 Å². The summed E-state index contributed by atoms with van der Waals surface area (Å²) in [5, 5.41) is 2.77. The van der Waals surface area contributed by atoms with Gasteiger partial charge in [0.25, 0.3) is 0 Å². The Hall–Kier alpha value is -2.04. The van der Waals surface area contributed by atoms with Crippen molar-refractivity contribution >= 4 is 17.5 Å². The molecule has 1 atom stereocenters. The highest BCUT2D eigenvalue weighted by atomic mass is 16.2. The monoisotopic (exact) mass is 291 g/mol. The summed E-state index contributed by atoms with van der Waals surface area (Å²) in [6.45, 7) is 5.86. The van der Waals surface area contributed by atoms with Crippen LogP contribution in [0.25, 0.3) is 0 Å². The second-order valence-corrected chi connectivity index (χ2v) is 5.74. The van der Waals surface area contributed by atoms with Crippen LogP contribution in [0.2, 0.25) is 0 Å². The highest BCUT2D eigenvalue weighted by Crippen LogP contribution is 2.20. The molecule has 1 unspecified atom stereocenters. The molecular formula is C16H25N3O2. The molecule has 0 radical (unpaired) electrons. The van der Waals surface area contributed by atoms with Crippen molar-refractivity contribution in [3.05, 3.63) is 29.8 Å². The number of nitrogen functional groups attached to an aromatic ring is 1. The van der Waals surface area contributed by atoms with Gasteiger partial charge in [0, 0.05) is 25.2 Å². The van der Waals surface area contributed by atoms with E-state index in [-0.39, 0.29) is 30.3 Å². The van der Waals surface area contributed by atoms with Crippen molar-refractivity contribution in [2.45, 2.75) is 39.2 Å². The first kappa shape index (κ1) is 17.0. The summed E-state index contributed by atoms with van der Waals surface area (Å²) in [5.41, 5.74) is 7.43. The second-order valence-electron chi connectivity index (χ2n) is 5.74. The fourth-order valence-corrected chi connectivity index (χ4v) is 2.03. The van der Waals surface area contributed by atoms with Gasteiger partial charge in [-0.15, -0.1) is 0 Å². The zero-order chi connectivity index (χ0) is 16.0. The van der Waals surface area contributed by atoms with Crippen molar-refractivity contribution < 1.29 is 9.59 Å². The highest BCUT2D eigenvalue weighted by molar-refractivity contribution is 5.85. The normalized spacial score (nSPS) is 12.0. The molecule has 2 amide bonds. The molecule has 0 aliphatic carbocycles. The predicted molar refractivity (Wildman–Crippen MR) is 84.8 cm³/mol. The molecule has 0 saturated heterocycles. The molecule has 21 heavy (non-hydrogen) atoms. The number of nitrogens with zero attached hydrogens (tertiary/aromatic N) is 1. The number of carbonyl (C=O) groups is 2. The summed E-state index contributed by atoms with van der Waals surface area (Å²) < 4.78 is 0. The van der Waals surface area contributed by atoms with E-state index in [0.29, 0.717) is 12.1 Å². The largest absolute Gasteiger partial charge is 0.399 e. The third-order valence-electron chi connectivity index (χ3n) is 3.24. The van der Waals surface area contributed by atoms with Crippen molar-refractivity contribution in [1.29, 1.82) is 0 Å². The Kier molecular flexibility index (Phi) is 6.21. The molecule has 0 heterocycles. The lowest BCUT2D eigenvalue weighted by atomic mass is 9.97. The maximum atomic E-state index is 12.1. The maximum absolute atomic E-state index is 12.1. The smallest absolute Gasteiger partial charge is 0.239 e. The van der Waals surface area contributed by atoms with Crippen LogP contribution in [0.3, 0.4) is 0 Å². The Morgan fingerprint density at radius 1 is 1.19 bits per heavy atom. The van der Waals surface area contributed by atoms with Gasteiger partial charge < -0.3 is 16.0 Å². The van der Waals surface area contributed by atoms with Crippen LogP contribution in [0.15, 0.2) is 24.3 Å². The van der Waals surface area contributed by atoms with Gasteiger partial charge in [-0.3, -0.25) is 9.59 Å². The van der Waals surface area contributed by atoms with E-state index >= 15 is 0 Å². The summed E-state index contributed by atoms with van der Waals surface area (Å²) in [4.78, 5) is 25.2. The van der Waals surface area contributed by atoms with E-state index < -0.39 is 0 Å². The van der Waals surface area contributed by atoms with Crippen molar-refractivity contribution in [3.63, 3.8) is 0 Å². The molecule has 1 aromatic carbocycles. The Bertz CT molecular complexity index is 483. The number of nitrogens with one attached hydrogen (secondary N) is 1. The molecule has 116 valence electrons. The van der Waals surface area contributed by atoms with E-state index in [4.69, 9.17) is 5.73 Å². The Morgan fingerprint density at radius 3 is 2.29 bits per heavy atom. The van der Waals surface area contributed by atoms with E-state index in [1.807, 2.05) is 45.0 Å². The number of hydrogen-bond acceptors (Lipinski definition) is 3. The molecule has 0 spiro atoms. The van der Waals surface area contributed by atoms with E-state index in [1.165, 1.54) is 4.90 Å². The van der Waals surface area contributed by atoms with Crippen molar-refractivity contribution in [3.8, 4) is 0 Å². The quantitative estimate of drug-likeness (QED) is 0.784. The van der Waals surface area contributed by atoms with Crippen LogP contribution in [-0.2, 0) is 9.59 Å². The molecular weight excluding hydrogens is 266 g/mol. The first-order valence-electron chi connectivity index (χ1n) is 7.18. The molecule has 5 heteroatoms. The van der Waals surface area contributed by atoms with Crippen LogP contribution in [0.4, 0.5) is 5.69 Å². The molecule has 0 saturated carbocycles. The summed E-state index contributed by atoms with van der Waals surface area (Å²) >= 11 is 0. The van der Waals surface area contributed by atoms with Gasteiger partial charge in [-0.2, -0.15) is 0 Å². The van der Waals surface area contributed by atoms with Crippen LogP contribution in [0.5, 0.6) is 0 Å². The minimum atomic E-state index is -0.138. The third kappa shape index (κ3) is 5.85. The topological polar surface area (TPSA) is 75.4 Å². The molecule has 0 aromatic heterocycles. The van der Waals surface area contributed by atoms with Crippen LogP contribution in [-0.4, -0.2) is 36.3 Å². The average Bonchev–Trinajstić information content (AvgIpc) is 2.38. The summed E-state index contributed by atoms with van der Waals surface area (Å²) in [6.07, 6.45) is 0.370. The standard InChI is InChI=1S/C16H25N3O2/c1-11(2)18-15(20)10-19(4)16(21)9-12(3)13-5-7-14(17)8-6-13/h5-8,11-12H,9-10,17H2,1-4H3,(H,18,20). The van der Waals surface area contributed by atoms with Crippen LogP contribution >= 0.6 is 0 Å². The summed E-state index contributed by atoms with van der Waals surface area (Å²) in [7, 11) is 1.65. The Morgan fingerprint density at radius 2 is 1.76 bits per heavy atom. The zero-order valence-corrected chi connectivity index (χ0v) is 13.2. The molecule has 3 N–H and O–H groups in total. The van der Waals surface area contributed by atoms with E-state index in [9.17, 15) is 9.59 Å². The minimum Gasteiger partial charge on any atom is -0.399 e. The Labute approximate surface area is 126 Å². The third-order valence-corrected chi connectivity index (χ3v) is 3.24. The second kappa shape index (κ2) is 7.67. The fourth-order valence-electron chi connectivity index (χ4n) is 2.03. The van der Waals surface area contributed by atoms with Crippen LogP contribution in [0, 0.1) is 0 Å². The molecule has 1 aromatic rings. The van der Waals surface area contributed by atoms with Gasteiger partial charge in [-0.05, 0) is 37.5 Å². The first-order chi connectivity index (χ1) is 9.79. The lowest BCUT2D eigenvalue weighted by Gasteiger charge is -2.20. The van der Waals surface area contributed by atoms with E-state index in [0.717, 1.165) is 5.56 Å². The molecule has 5 nitrogen and oxygen atoms in total. The number of nitrogens with two attached hydrogens (primary N) is 1. The predicted octanol–water partition coefficient (Wildman–Crippen LogP) is 1.75. The van der Waals surface area contributed by atoms with E-state index in [2.05, 4.69) is 5.32 Å². The number of likely N-dealkylation sites (N-methyl/N-ethyl adjacent to an activating group) is 1. The molecule has 0 bridgehead atoms. The minimum absolute atomic E-state index is 0.0433. The van der Waals surface area contributed by atoms with Crippen molar-refractivity contribution in [2.75, 3.05) is 19.3 Å². The number of amides is 2. The van der Waals surface area contributed by atoms with Crippen LogP contribution < -0.4 is 11.1 Å². The van der Waals surface area contributed by atoms with Crippen molar-refractivity contribution in [1.82, 2.24) is 10.2 Å². The number of rotatable bonds is 6. The van der Waals surface area contributed by atoms with Gasteiger partial charge in [-0.1, -0.05) is 19.1 Å². The number of carbonyl (C=O) groups excluding carboxylic acids is 2. The summed E-state index contributed by atoms with van der Waals surface area (Å²) in [6, 6.07) is 7.60. The number of benzene rings is 1. The van der Waals surface area contributed by atoms with Gasteiger partial charge in [0.1, 0.15) is 0 Å². The lowest BCUT2D eigenvalue weighted by molar-refractivity contribution is -0.135. The van der Waals surface area contributed by atoms with Gasteiger partial charge in [0.05, 0.1) is 6.54 Å². The van der Waals surface area contributed by atoms with Crippen LogP contribution in [0.1, 0.15) is 38.7 Å². The zero-order valence-electron chi connectivity index (χ0n) is 13.2. The molecule has 0 fully saturated rings. The molecule has 1 rings (SSSR count). The first-order valence-corrected chi connectivity index (χ1v) is 7.18. The average molecular weight is 291 g/mol.